The van der Waals surface area contributed by atoms with Crippen LogP contribution in [0.2, 0.25) is 0 Å². The molecule has 1 unspecified atom stereocenters. The third-order valence-corrected chi connectivity index (χ3v) is 3.12. The maximum atomic E-state index is 11.6. The van der Waals surface area contributed by atoms with Crippen molar-refractivity contribution in [2.75, 3.05) is 19.8 Å². The van der Waals surface area contributed by atoms with E-state index in [-0.39, 0.29) is 44.5 Å². The minimum Gasteiger partial charge on any atom is -0.862 e. The third-order valence-electron chi connectivity index (χ3n) is 3.12. The van der Waals surface area contributed by atoms with Crippen LogP contribution < -0.4 is 24.0 Å². The van der Waals surface area contributed by atoms with E-state index in [9.17, 15) is 9.90 Å². The van der Waals surface area contributed by atoms with Crippen molar-refractivity contribution in [3.05, 3.63) is 12.2 Å². The maximum absolute atomic E-state index is 11.6. The predicted molar refractivity (Wildman–Crippen MR) is 81.1 cm³/mol. The number of aliphatic carboxylic acids is 1. The molecule has 22 heavy (non-hydrogen) atoms. The summed E-state index contributed by atoms with van der Waals surface area (Å²) in [6.07, 6.45) is 7.67. The SMILES string of the molecule is CCCC/C=C/CC([O-])=NCN(CCCO)C(C)C(=O)O.[Li+]. The summed E-state index contributed by atoms with van der Waals surface area (Å²) < 4.78 is 0. The largest absolute Gasteiger partial charge is 1.00 e. The number of hydrogen-bond acceptors (Lipinski definition) is 5. The Kier molecular flexibility index (Phi) is 16.1. The van der Waals surface area contributed by atoms with Gasteiger partial charge >= 0.3 is 24.8 Å². The van der Waals surface area contributed by atoms with Crippen LogP contribution in [0.5, 0.6) is 0 Å². The third kappa shape index (κ3) is 11.8. The molecule has 0 spiro atoms. The standard InChI is InChI=1S/C15H28N2O4.Li/c1-3-4-5-6-7-9-14(19)16-12-17(10-8-11-18)13(2)15(20)21;/h6-7,13,18H,3-5,8-12H2,1-2H3,(H,16,19)(H,20,21);/q;+1/p-1/b7-6+;. The first kappa shape index (κ1) is 23.5. The molecule has 0 aliphatic rings. The second-order valence-electron chi connectivity index (χ2n) is 4.91. The van der Waals surface area contributed by atoms with Gasteiger partial charge in [-0.25, -0.2) is 0 Å². The van der Waals surface area contributed by atoms with Crippen LogP contribution in [0.25, 0.3) is 0 Å². The van der Waals surface area contributed by atoms with E-state index in [1.165, 1.54) is 0 Å². The van der Waals surface area contributed by atoms with Gasteiger partial charge in [0.25, 0.3) is 0 Å². The molecule has 122 valence electrons. The minimum atomic E-state index is -0.963. The van der Waals surface area contributed by atoms with Crippen LogP contribution in [0.4, 0.5) is 0 Å². The number of carboxylic acids is 1. The van der Waals surface area contributed by atoms with Crippen molar-refractivity contribution in [2.45, 2.75) is 52.0 Å². The normalized spacial score (nSPS) is 13.4. The van der Waals surface area contributed by atoms with Gasteiger partial charge in [-0.05, 0) is 32.1 Å². The molecule has 0 saturated carbocycles. The topological polar surface area (TPSA) is 96.2 Å². The molecule has 0 saturated heterocycles. The summed E-state index contributed by atoms with van der Waals surface area (Å²) in [5.74, 6) is -1.22. The van der Waals surface area contributed by atoms with E-state index in [1.807, 2.05) is 6.08 Å². The van der Waals surface area contributed by atoms with Crippen molar-refractivity contribution in [3.63, 3.8) is 0 Å². The summed E-state index contributed by atoms with van der Waals surface area (Å²) >= 11 is 0. The first-order valence-corrected chi connectivity index (χ1v) is 7.46. The maximum Gasteiger partial charge on any atom is 1.00 e. The second-order valence-corrected chi connectivity index (χ2v) is 4.91. The van der Waals surface area contributed by atoms with E-state index >= 15 is 0 Å². The predicted octanol–water partition coefficient (Wildman–Crippen LogP) is -2.00. The van der Waals surface area contributed by atoms with Crippen LogP contribution >= 0.6 is 0 Å². The molecule has 0 bridgehead atoms. The second kappa shape index (κ2) is 15.1. The van der Waals surface area contributed by atoms with Gasteiger partial charge in [0, 0.05) is 13.2 Å². The van der Waals surface area contributed by atoms with Crippen molar-refractivity contribution in [3.8, 4) is 0 Å². The fraction of sp³-hybridized carbons (Fsp3) is 0.733. The molecule has 0 rings (SSSR count). The Hall–Kier alpha value is -0.803. The number of hydrogen-bond donors (Lipinski definition) is 2. The van der Waals surface area contributed by atoms with Gasteiger partial charge in [-0.2, -0.15) is 0 Å². The number of carbonyl (C=O) groups is 1. The number of rotatable bonds is 12. The zero-order valence-electron chi connectivity index (χ0n) is 14.0. The fourth-order valence-electron chi connectivity index (χ4n) is 1.68. The average Bonchev–Trinajstić information content (AvgIpc) is 2.46. The Labute approximate surface area is 145 Å². The number of carboxylic acid groups (broad SMARTS) is 1. The summed E-state index contributed by atoms with van der Waals surface area (Å²) in [5.41, 5.74) is 0. The monoisotopic (exact) mass is 306 g/mol. The quantitative estimate of drug-likeness (QED) is 0.143. The van der Waals surface area contributed by atoms with Crippen LogP contribution in [0, 0.1) is 0 Å². The molecular formula is C15H27LiN2O4. The van der Waals surface area contributed by atoms with Gasteiger partial charge in [-0.1, -0.05) is 31.9 Å². The average molecular weight is 306 g/mol. The minimum absolute atomic E-state index is 0. The van der Waals surface area contributed by atoms with Gasteiger partial charge in [0.15, 0.2) is 0 Å². The first-order valence-electron chi connectivity index (χ1n) is 7.46. The van der Waals surface area contributed by atoms with E-state index in [2.05, 4.69) is 11.9 Å². The Morgan fingerprint density at radius 1 is 1.36 bits per heavy atom. The van der Waals surface area contributed by atoms with Gasteiger partial charge in [-0.15, -0.1) is 0 Å². The fourth-order valence-corrected chi connectivity index (χ4v) is 1.68. The number of aliphatic hydroxyl groups excluding tert-OH is 1. The Balaban J connectivity index is 0. The van der Waals surface area contributed by atoms with Crippen molar-refractivity contribution >= 4 is 11.9 Å². The van der Waals surface area contributed by atoms with E-state index in [4.69, 9.17) is 10.2 Å². The van der Waals surface area contributed by atoms with Crippen molar-refractivity contribution in [2.24, 2.45) is 4.99 Å². The van der Waals surface area contributed by atoms with Crippen LogP contribution in [0.3, 0.4) is 0 Å². The van der Waals surface area contributed by atoms with Gasteiger partial charge in [0.1, 0.15) is 6.04 Å². The summed E-state index contributed by atoms with van der Waals surface area (Å²) in [6.45, 7) is 4.09. The number of allylic oxidation sites excluding steroid dienone is 1. The van der Waals surface area contributed by atoms with E-state index < -0.39 is 12.0 Å². The van der Waals surface area contributed by atoms with Crippen molar-refractivity contribution < 1.29 is 39.0 Å². The molecule has 0 aromatic carbocycles. The molecule has 0 heterocycles. The molecule has 7 heteroatoms. The first-order chi connectivity index (χ1) is 10.0. The molecule has 0 aromatic heterocycles. The summed E-state index contributed by atoms with van der Waals surface area (Å²) in [6, 6.07) is -0.729. The van der Waals surface area contributed by atoms with Gasteiger partial charge in [0.05, 0.1) is 6.67 Å². The Morgan fingerprint density at radius 3 is 2.59 bits per heavy atom. The number of aliphatic imine (C=N–C) groups is 1. The number of unbranched alkanes of at least 4 members (excludes halogenated alkanes) is 2. The molecule has 0 radical (unpaired) electrons. The van der Waals surface area contributed by atoms with Crippen molar-refractivity contribution in [1.29, 1.82) is 0 Å². The summed E-state index contributed by atoms with van der Waals surface area (Å²) in [4.78, 5) is 16.4. The zero-order chi connectivity index (χ0) is 16.1. The molecule has 0 aliphatic heterocycles. The van der Waals surface area contributed by atoms with Crippen LogP contribution in [0.1, 0.15) is 46.0 Å². The number of aliphatic hydroxyl groups is 1. The van der Waals surface area contributed by atoms with Crippen LogP contribution in [-0.2, 0) is 4.79 Å². The molecule has 0 aromatic rings. The van der Waals surface area contributed by atoms with E-state index in [1.54, 1.807) is 17.9 Å². The molecule has 0 fully saturated rings. The summed E-state index contributed by atoms with van der Waals surface area (Å²) in [5, 5.41) is 29.4. The molecule has 2 N–H and O–H groups in total. The molecule has 6 nitrogen and oxygen atoms in total. The summed E-state index contributed by atoms with van der Waals surface area (Å²) in [7, 11) is 0. The van der Waals surface area contributed by atoms with Gasteiger partial charge in [0.2, 0.25) is 0 Å². The molecule has 0 amide bonds. The van der Waals surface area contributed by atoms with E-state index in [0.717, 1.165) is 19.3 Å². The van der Waals surface area contributed by atoms with Gasteiger partial charge in [-0.3, -0.25) is 14.7 Å². The van der Waals surface area contributed by atoms with Gasteiger partial charge < -0.3 is 15.3 Å². The smallest absolute Gasteiger partial charge is 0.862 e. The van der Waals surface area contributed by atoms with Crippen LogP contribution in [-0.4, -0.2) is 52.8 Å². The number of nitrogens with zero attached hydrogens (tertiary/aromatic N) is 2. The Morgan fingerprint density at radius 2 is 2.05 bits per heavy atom. The zero-order valence-corrected chi connectivity index (χ0v) is 14.0. The molecule has 0 aliphatic carbocycles. The Bertz CT molecular complexity index is 348. The molecule has 1 atom stereocenters. The van der Waals surface area contributed by atoms with Crippen LogP contribution in [0.15, 0.2) is 17.1 Å². The van der Waals surface area contributed by atoms with E-state index in [0.29, 0.717) is 13.0 Å². The van der Waals surface area contributed by atoms with Crippen molar-refractivity contribution in [1.82, 2.24) is 4.90 Å². The molecular weight excluding hydrogens is 279 g/mol.